The maximum absolute atomic E-state index is 12.7. The highest BCUT2D eigenvalue weighted by molar-refractivity contribution is 7.90. The average Bonchev–Trinajstić information content (AvgIpc) is 2.99. The Labute approximate surface area is 138 Å². The van der Waals surface area contributed by atoms with E-state index in [-0.39, 0.29) is 27.9 Å². The van der Waals surface area contributed by atoms with Crippen molar-refractivity contribution in [1.29, 1.82) is 0 Å². The van der Waals surface area contributed by atoms with E-state index < -0.39 is 22.1 Å². The molecule has 1 heterocycles. The van der Waals surface area contributed by atoms with Crippen LogP contribution < -0.4 is 5.73 Å². The van der Waals surface area contributed by atoms with E-state index in [0.29, 0.717) is 0 Å². The molecule has 0 fully saturated rings. The quantitative estimate of drug-likeness (QED) is 0.619. The number of halogens is 1. The molecule has 3 N–H and O–H groups in total. The highest BCUT2D eigenvalue weighted by atomic mass is 35.5. The second kappa shape index (κ2) is 6.61. The van der Waals surface area contributed by atoms with E-state index >= 15 is 0 Å². The lowest BCUT2D eigenvalue weighted by molar-refractivity contribution is -0.153. The predicted molar refractivity (Wildman–Crippen MR) is 84.5 cm³/mol. The molecule has 2 rings (SSSR count). The fourth-order valence-electron chi connectivity index (χ4n) is 1.99. The van der Waals surface area contributed by atoms with Crippen molar-refractivity contribution in [3.8, 4) is 0 Å². The van der Waals surface area contributed by atoms with Gasteiger partial charge in [-0.3, -0.25) is 0 Å². The molecule has 1 aromatic heterocycles. The van der Waals surface area contributed by atoms with E-state index in [1.54, 1.807) is 6.92 Å². The zero-order chi connectivity index (χ0) is 17.2. The van der Waals surface area contributed by atoms with Crippen LogP contribution in [0.25, 0.3) is 0 Å². The Kier molecular flexibility index (Phi) is 4.98. The summed E-state index contributed by atoms with van der Waals surface area (Å²) in [6, 6.07) is 6.71. The van der Waals surface area contributed by atoms with Gasteiger partial charge in [0.2, 0.25) is 0 Å². The van der Waals surface area contributed by atoms with Gasteiger partial charge < -0.3 is 15.6 Å². The highest BCUT2D eigenvalue weighted by Crippen LogP contribution is 2.27. The summed E-state index contributed by atoms with van der Waals surface area (Å²) >= 11 is 5.83. The van der Waals surface area contributed by atoms with Gasteiger partial charge in [-0.25, -0.2) is 17.2 Å². The third kappa shape index (κ3) is 3.34. The molecule has 1 atom stereocenters. The van der Waals surface area contributed by atoms with Crippen LogP contribution in [0, 0.1) is 0 Å². The van der Waals surface area contributed by atoms with Crippen molar-refractivity contribution in [2.75, 3.05) is 12.3 Å². The summed E-state index contributed by atoms with van der Waals surface area (Å²) in [4.78, 5) is 11.4. The van der Waals surface area contributed by atoms with Gasteiger partial charge in [-0.1, -0.05) is 11.6 Å². The summed E-state index contributed by atoms with van der Waals surface area (Å²) in [5.41, 5.74) is 5.56. The van der Waals surface area contributed by atoms with Crippen LogP contribution in [0.3, 0.4) is 0 Å². The van der Waals surface area contributed by atoms with Crippen molar-refractivity contribution in [2.24, 2.45) is 0 Å². The molecule has 0 radical (unpaired) electrons. The minimum absolute atomic E-state index is 0.000301. The Morgan fingerprint density at radius 3 is 2.78 bits per heavy atom. The number of nitrogens with two attached hydrogens (primary N) is 1. The fraction of sp³-hybridized carbons (Fsp3) is 0.214. The molecule has 9 heteroatoms. The first-order valence-electron chi connectivity index (χ1n) is 6.61. The number of rotatable bonds is 5. The number of hydrogen-bond acceptors (Lipinski definition) is 6. The van der Waals surface area contributed by atoms with Gasteiger partial charge in [-0.15, -0.1) is 0 Å². The number of aliphatic hydroxyl groups excluding tert-OH is 1. The number of aliphatic hydroxyl groups is 1. The van der Waals surface area contributed by atoms with Crippen molar-refractivity contribution in [3.63, 3.8) is 0 Å². The van der Waals surface area contributed by atoms with Crippen LogP contribution in [0.1, 0.15) is 18.7 Å². The summed E-state index contributed by atoms with van der Waals surface area (Å²) in [5.74, 6) is -0.943. The Morgan fingerprint density at radius 1 is 1.43 bits per heavy atom. The lowest BCUT2D eigenvalue weighted by atomic mass is 10.2. The molecule has 2 aromatic rings. The van der Waals surface area contributed by atoms with E-state index in [2.05, 4.69) is 0 Å². The molecule has 1 aromatic carbocycles. The van der Waals surface area contributed by atoms with Crippen LogP contribution in [0.4, 0.5) is 5.69 Å². The SMILES string of the molecule is CCOC(=O)C(O)c1cccn1S(=O)(=O)c1cc(Cl)ccc1N. The number of nitrogens with zero attached hydrogens (tertiary/aromatic N) is 1. The topological polar surface area (TPSA) is 112 Å². The van der Waals surface area contributed by atoms with E-state index in [4.69, 9.17) is 22.1 Å². The first kappa shape index (κ1) is 17.3. The van der Waals surface area contributed by atoms with Crippen LogP contribution in [0.2, 0.25) is 5.02 Å². The fourth-order valence-corrected chi connectivity index (χ4v) is 3.75. The molecule has 0 bridgehead atoms. The molecular formula is C14H15ClN2O5S. The molecule has 0 amide bonds. The standard InChI is InChI=1S/C14H15ClN2O5S/c1-2-22-14(19)13(18)11-4-3-7-17(11)23(20,21)12-8-9(15)5-6-10(12)16/h3-8,13,18H,2,16H2,1H3. The maximum Gasteiger partial charge on any atom is 0.341 e. The minimum atomic E-state index is -4.13. The van der Waals surface area contributed by atoms with Crippen LogP contribution in [0.5, 0.6) is 0 Å². The number of hydrogen-bond donors (Lipinski definition) is 2. The van der Waals surface area contributed by atoms with Crippen LogP contribution in [0.15, 0.2) is 41.4 Å². The second-order valence-electron chi connectivity index (χ2n) is 4.57. The van der Waals surface area contributed by atoms with Gasteiger partial charge in [0.1, 0.15) is 4.90 Å². The van der Waals surface area contributed by atoms with Gasteiger partial charge >= 0.3 is 5.97 Å². The smallest absolute Gasteiger partial charge is 0.341 e. The van der Waals surface area contributed by atoms with Crippen LogP contribution in [-0.2, 0) is 19.6 Å². The van der Waals surface area contributed by atoms with Gasteiger partial charge in [0.05, 0.1) is 18.0 Å². The van der Waals surface area contributed by atoms with Crippen LogP contribution >= 0.6 is 11.6 Å². The van der Waals surface area contributed by atoms with Crippen molar-refractivity contribution in [2.45, 2.75) is 17.9 Å². The number of carbonyl (C=O) groups excluding carboxylic acids is 1. The Morgan fingerprint density at radius 2 is 2.13 bits per heavy atom. The average molecular weight is 359 g/mol. The highest BCUT2D eigenvalue weighted by Gasteiger charge is 2.28. The Hall–Kier alpha value is -2.03. The maximum atomic E-state index is 12.7. The largest absolute Gasteiger partial charge is 0.464 e. The first-order valence-corrected chi connectivity index (χ1v) is 8.43. The Balaban J connectivity index is 2.53. The van der Waals surface area contributed by atoms with E-state index in [9.17, 15) is 18.3 Å². The van der Waals surface area contributed by atoms with Gasteiger partial charge in [-0.05, 0) is 37.3 Å². The number of nitrogen functional groups attached to an aromatic ring is 1. The summed E-state index contributed by atoms with van der Waals surface area (Å²) < 4.78 is 30.9. The van der Waals surface area contributed by atoms with Crippen molar-refractivity contribution in [1.82, 2.24) is 3.97 Å². The molecule has 0 aliphatic carbocycles. The summed E-state index contributed by atoms with van der Waals surface area (Å²) in [6.07, 6.45) is -0.534. The first-order chi connectivity index (χ1) is 10.8. The van der Waals surface area contributed by atoms with Crippen molar-refractivity contribution in [3.05, 3.63) is 47.2 Å². The number of aromatic nitrogens is 1. The zero-order valence-corrected chi connectivity index (χ0v) is 13.7. The second-order valence-corrected chi connectivity index (χ2v) is 6.79. The molecule has 0 spiro atoms. The lowest BCUT2D eigenvalue weighted by Crippen LogP contribution is -2.23. The third-order valence-corrected chi connectivity index (χ3v) is 5.04. The molecule has 124 valence electrons. The molecule has 23 heavy (non-hydrogen) atoms. The normalized spacial score (nSPS) is 12.8. The Bertz CT molecular complexity index is 831. The zero-order valence-electron chi connectivity index (χ0n) is 12.1. The number of carbonyl (C=O) groups is 1. The van der Waals surface area contributed by atoms with Crippen LogP contribution in [-0.4, -0.2) is 30.1 Å². The molecule has 7 nitrogen and oxygen atoms in total. The van der Waals surface area contributed by atoms with E-state index in [1.807, 2.05) is 0 Å². The molecule has 0 saturated carbocycles. The lowest BCUT2D eigenvalue weighted by Gasteiger charge is -2.15. The summed E-state index contributed by atoms with van der Waals surface area (Å²) in [7, 11) is -4.13. The molecule has 0 aliphatic heterocycles. The molecule has 1 unspecified atom stereocenters. The van der Waals surface area contributed by atoms with Crippen molar-refractivity contribution < 1.29 is 23.1 Å². The number of anilines is 1. The number of benzene rings is 1. The van der Waals surface area contributed by atoms with Gasteiger partial charge in [0.15, 0.2) is 6.10 Å². The molecule has 0 saturated heterocycles. The van der Waals surface area contributed by atoms with Gasteiger partial charge in [-0.2, -0.15) is 0 Å². The number of esters is 1. The molecular weight excluding hydrogens is 344 g/mol. The number of ether oxygens (including phenoxy) is 1. The van der Waals surface area contributed by atoms with Crippen molar-refractivity contribution >= 4 is 33.3 Å². The van der Waals surface area contributed by atoms with E-state index in [1.165, 1.54) is 36.5 Å². The van der Waals surface area contributed by atoms with Gasteiger partial charge in [0.25, 0.3) is 10.0 Å². The summed E-state index contributed by atoms with van der Waals surface area (Å²) in [6.45, 7) is 1.64. The van der Waals surface area contributed by atoms with E-state index in [0.717, 1.165) is 3.97 Å². The summed E-state index contributed by atoms with van der Waals surface area (Å²) in [5, 5.41) is 10.2. The minimum Gasteiger partial charge on any atom is -0.464 e. The third-order valence-electron chi connectivity index (χ3n) is 3.05. The predicted octanol–water partition coefficient (Wildman–Crippen LogP) is 1.56. The molecule has 0 aliphatic rings. The monoisotopic (exact) mass is 358 g/mol. The van der Waals surface area contributed by atoms with Gasteiger partial charge in [0, 0.05) is 11.2 Å².